The lowest BCUT2D eigenvalue weighted by molar-refractivity contribution is 0.0472. The summed E-state index contributed by atoms with van der Waals surface area (Å²) in [6.07, 6.45) is -4.29. The Hall–Kier alpha value is -1.51. The van der Waals surface area contributed by atoms with Crippen LogP contribution in [0.3, 0.4) is 0 Å². The molecule has 1 aromatic rings. The third-order valence-corrected chi connectivity index (χ3v) is 1.79. The Morgan fingerprint density at radius 3 is 2.44 bits per heavy atom. The molecule has 0 atom stereocenters. The zero-order valence-corrected chi connectivity index (χ0v) is 10.7. The normalized spacial score (nSPS) is 20.8. The zero-order valence-electron chi connectivity index (χ0n) is 18.7. The first-order valence-corrected chi connectivity index (χ1v) is 5.52. The Kier molecular flexibility index (Phi) is 1.99. The number of carbonyl (C=O) groups excluding carboxylic acids is 1. The van der Waals surface area contributed by atoms with Crippen molar-refractivity contribution in [1.29, 1.82) is 0 Å². The second-order valence-corrected chi connectivity index (χ2v) is 4.87. The fourth-order valence-electron chi connectivity index (χ4n) is 1.23. The summed E-state index contributed by atoms with van der Waals surface area (Å²) in [5, 5.41) is 1.84. The Balaban J connectivity index is 3.64. The number of nitrogens with one attached hydrogen (secondary N) is 1. The smallest absolute Gasteiger partial charge is 0.408 e. The number of hydrogen-bond acceptors (Lipinski definition) is 2. The Morgan fingerprint density at radius 1 is 1.33 bits per heavy atom. The minimum atomic E-state index is -3.41. The van der Waals surface area contributed by atoms with Gasteiger partial charge < -0.3 is 10.1 Å². The van der Waals surface area contributed by atoms with E-state index in [1.54, 1.807) is 6.07 Å². The lowest BCUT2D eigenvalue weighted by Gasteiger charge is -2.28. The highest BCUT2D eigenvalue weighted by Gasteiger charge is 2.24. The molecule has 0 fully saturated rings. The van der Waals surface area contributed by atoms with Gasteiger partial charge in [0.2, 0.25) is 0 Å². The molecule has 3 nitrogen and oxygen atoms in total. The first-order valence-electron chi connectivity index (χ1n) is 9.52. The molecule has 0 saturated carbocycles. The van der Waals surface area contributed by atoms with E-state index in [0.717, 1.165) is 0 Å². The van der Waals surface area contributed by atoms with Gasteiger partial charge in [-0.05, 0) is 46.4 Å². The van der Waals surface area contributed by atoms with Crippen LogP contribution in [0.1, 0.15) is 51.0 Å². The average Bonchev–Trinajstić information content (AvgIpc) is 2.40. The fraction of sp³-hybridized carbons (Fsp3) is 0.533. The van der Waals surface area contributed by atoms with E-state index in [9.17, 15) is 4.79 Å². The molecule has 1 amide bonds. The lowest BCUT2D eigenvalue weighted by Crippen LogP contribution is -2.47. The molecule has 0 aliphatic rings. The van der Waals surface area contributed by atoms with Crippen molar-refractivity contribution in [3.8, 4) is 0 Å². The molecule has 1 N–H and O–H groups in total. The van der Waals surface area contributed by atoms with E-state index < -0.39 is 37.3 Å². The number of alkyl carbamates (subject to hydrolysis) is 1. The van der Waals surface area contributed by atoms with E-state index in [1.807, 2.05) is 5.32 Å². The van der Waals surface area contributed by atoms with Crippen molar-refractivity contribution < 1.29 is 20.5 Å². The molecule has 0 radical (unpaired) electrons. The van der Waals surface area contributed by atoms with Gasteiger partial charge in [-0.25, -0.2) is 4.79 Å². The minimum absolute atomic E-state index is 0.191. The van der Waals surface area contributed by atoms with Gasteiger partial charge in [0.15, 0.2) is 0 Å². The number of ether oxygens (including phenoxy) is 1. The maximum absolute atomic E-state index is 12.2. The Bertz CT molecular complexity index is 618. The van der Waals surface area contributed by atoms with Crippen molar-refractivity contribution in [2.45, 2.75) is 52.0 Å². The highest BCUT2D eigenvalue weighted by atomic mass is 16.6. The number of rotatable bonds is 3. The summed E-state index contributed by atoms with van der Waals surface area (Å²) in [6.45, 7) is -2.26. The van der Waals surface area contributed by atoms with Crippen molar-refractivity contribution in [3.63, 3.8) is 0 Å². The highest BCUT2D eigenvalue weighted by Crippen LogP contribution is 2.14. The molecule has 1 aromatic carbocycles. The first-order chi connectivity index (χ1) is 11.5. The van der Waals surface area contributed by atoms with Crippen LogP contribution in [0.4, 0.5) is 4.79 Å². The van der Waals surface area contributed by atoms with Crippen molar-refractivity contribution in [2.24, 2.45) is 0 Å². The summed E-state index contributed by atoms with van der Waals surface area (Å²) in [5.74, 6) is 0. The molecule has 0 aliphatic heterocycles. The van der Waals surface area contributed by atoms with Crippen LogP contribution >= 0.6 is 0 Å². The van der Waals surface area contributed by atoms with Crippen LogP contribution in [-0.4, -0.2) is 17.2 Å². The minimum Gasteiger partial charge on any atom is -0.444 e. The van der Waals surface area contributed by atoms with Crippen LogP contribution in [0.25, 0.3) is 0 Å². The summed E-state index contributed by atoms with van der Waals surface area (Å²) in [5.41, 5.74) is -4.45. The Labute approximate surface area is 121 Å². The molecule has 0 bridgehead atoms. The van der Waals surface area contributed by atoms with Gasteiger partial charge >= 0.3 is 6.09 Å². The van der Waals surface area contributed by atoms with Crippen molar-refractivity contribution >= 4 is 6.09 Å². The average molecular weight is 257 g/mol. The largest absolute Gasteiger partial charge is 0.444 e. The molecule has 0 unspecified atom stereocenters. The van der Waals surface area contributed by atoms with Gasteiger partial charge in [-0.3, -0.25) is 0 Å². The number of benzene rings is 1. The SMILES string of the molecule is [2H]C([2H])([2H])C(NC(=O)OC(C)(C)C)(C([2H])([2H])[2H])C([2H])([2H])c1ccccc1. The maximum Gasteiger partial charge on any atom is 0.408 e. The van der Waals surface area contributed by atoms with Gasteiger partial charge in [0.1, 0.15) is 5.60 Å². The number of hydrogen-bond donors (Lipinski definition) is 1. The fourth-order valence-corrected chi connectivity index (χ4v) is 1.23. The summed E-state index contributed by atoms with van der Waals surface area (Å²) in [6, 6.07) is 7.01. The second-order valence-electron chi connectivity index (χ2n) is 4.87. The van der Waals surface area contributed by atoms with Crippen molar-refractivity contribution in [2.75, 3.05) is 0 Å². The predicted octanol–water partition coefficient (Wildman–Crippen LogP) is 3.53. The molecular weight excluding hydrogens is 226 g/mol. The third kappa shape index (κ3) is 5.71. The molecule has 0 aromatic heterocycles. The molecule has 0 heterocycles. The molecule has 100 valence electrons. The molecule has 3 heteroatoms. The third-order valence-electron chi connectivity index (χ3n) is 1.79. The van der Waals surface area contributed by atoms with E-state index in [0.29, 0.717) is 0 Å². The molecule has 0 saturated heterocycles. The zero-order chi connectivity index (χ0) is 20.6. The van der Waals surface area contributed by atoms with Gasteiger partial charge in [-0.1, -0.05) is 30.3 Å². The summed E-state index contributed by atoms with van der Waals surface area (Å²) in [4.78, 5) is 12.2. The first kappa shape index (κ1) is 6.60. The highest BCUT2D eigenvalue weighted by molar-refractivity contribution is 5.68. The van der Waals surface area contributed by atoms with E-state index in [1.165, 1.54) is 45.0 Å². The van der Waals surface area contributed by atoms with Crippen molar-refractivity contribution in [1.82, 2.24) is 5.32 Å². The van der Waals surface area contributed by atoms with E-state index >= 15 is 0 Å². The molecule has 1 rings (SSSR count). The van der Waals surface area contributed by atoms with Crippen LogP contribution in [0, 0.1) is 0 Å². The monoisotopic (exact) mass is 257 g/mol. The van der Waals surface area contributed by atoms with Gasteiger partial charge in [-0.2, -0.15) is 0 Å². The van der Waals surface area contributed by atoms with Gasteiger partial charge in [0, 0.05) is 16.5 Å². The van der Waals surface area contributed by atoms with E-state index in [2.05, 4.69) is 0 Å². The van der Waals surface area contributed by atoms with Crippen molar-refractivity contribution in [3.05, 3.63) is 35.9 Å². The predicted molar refractivity (Wildman–Crippen MR) is 73.6 cm³/mol. The topological polar surface area (TPSA) is 38.3 Å². The lowest BCUT2D eigenvalue weighted by atomic mass is 9.95. The van der Waals surface area contributed by atoms with Gasteiger partial charge in [0.25, 0.3) is 0 Å². The summed E-state index contributed by atoms with van der Waals surface area (Å²) < 4.78 is 68.5. The second kappa shape index (κ2) is 5.42. The molecule has 0 aliphatic carbocycles. The standard InChI is InChI=1S/C15H23NO2/c1-14(2,3)18-13(17)16-15(4,5)11-12-9-7-6-8-10-12/h6-10H,11H2,1-5H3,(H,16,17)/i4D3,5D3,11D2. The van der Waals surface area contributed by atoms with Gasteiger partial charge in [0.05, 0.1) is 0 Å². The Morgan fingerprint density at radius 2 is 1.94 bits per heavy atom. The maximum atomic E-state index is 12.2. The van der Waals surface area contributed by atoms with Gasteiger partial charge in [-0.15, -0.1) is 0 Å². The van der Waals surface area contributed by atoms with Crippen LogP contribution in [0.5, 0.6) is 0 Å². The summed E-state index contributed by atoms with van der Waals surface area (Å²) >= 11 is 0. The molecular formula is C15H23NO2. The number of amides is 1. The van der Waals surface area contributed by atoms with Crippen LogP contribution in [0.2, 0.25) is 0 Å². The van der Waals surface area contributed by atoms with Crippen LogP contribution in [-0.2, 0) is 11.1 Å². The molecule has 0 spiro atoms. The summed E-state index contributed by atoms with van der Waals surface area (Å²) in [7, 11) is 0. The van der Waals surface area contributed by atoms with Crippen LogP contribution in [0.15, 0.2) is 30.3 Å². The van der Waals surface area contributed by atoms with E-state index in [4.69, 9.17) is 15.7 Å². The molecule has 18 heavy (non-hydrogen) atoms. The van der Waals surface area contributed by atoms with Crippen LogP contribution < -0.4 is 5.32 Å². The van der Waals surface area contributed by atoms with E-state index in [-0.39, 0.29) is 5.56 Å². The number of carbonyl (C=O) groups is 1. The quantitative estimate of drug-likeness (QED) is 0.899.